The fourth-order valence-corrected chi connectivity index (χ4v) is 3.00. The Hall–Kier alpha value is -3.83. The molecule has 0 spiro atoms. The summed E-state index contributed by atoms with van der Waals surface area (Å²) in [6, 6.07) is 15.1. The van der Waals surface area contributed by atoms with Crippen LogP contribution in [0.4, 0.5) is 0 Å². The van der Waals surface area contributed by atoms with E-state index in [1.54, 1.807) is 6.92 Å². The average Bonchev–Trinajstić information content (AvgIpc) is 2.85. The number of thioether (sulfide) groups is 1. The number of benzene rings is 2. The smallest absolute Gasteiger partial charge is 0.233 e. The Morgan fingerprint density at radius 1 is 1.15 bits per heavy atom. The molecule has 3 rings (SSSR count). The summed E-state index contributed by atoms with van der Waals surface area (Å²) in [6.45, 7) is 2.29. The van der Waals surface area contributed by atoms with Gasteiger partial charge in [0, 0.05) is 12.0 Å². The van der Waals surface area contributed by atoms with E-state index >= 15 is 0 Å². The molecule has 0 bridgehead atoms. The molecule has 2 aromatic carbocycles. The van der Waals surface area contributed by atoms with Crippen molar-refractivity contribution in [1.82, 2.24) is 9.97 Å². The summed E-state index contributed by atoms with van der Waals surface area (Å²) < 4.78 is 11.4. The first kappa shape index (κ1) is 23.8. The normalized spacial score (nSPS) is 10.8. The van der Waals surface area contributed by atoms with Crippen molar-refractivity contribution in [2.75, 3.05) is 12.9 Å². The predicted octanol–water partition coefficient (Wildman–Crippen LogP) is 4.27. The zero-order valence-electron chi connectivity index (χ0n) is 18.4. The van der Waals surface area contributed by atoms with E-state index < -0.39 is 0 Å². The van der Waals surface area contributed by atoms with Crippen molar-refractivity contribution in [2.24, 2.45) is 10.7 Å². The molecule has 3 aromatic rings. The Morgan fingerprint density at radius 3 is 2.67 bits per heavy atom. The number of carbonyl (C=O) groups excluding carboxylic acids is 1. The van der Waals surface area contributed by atoms with E-state index in [9.17, 15) is 4.79 Å². The van der Waals surface area contributed by atoms with Crippen LogP contribution in [-0.2, 0) is 13.0 Å². The minimum absolute atomic E-state index is 0.155. The molecule has 1 heterocycles. The third-order valence-electron chi connectivity index (χ3n) is 4.46. The molecule has 0 aliphatic rings. The van der Waals surface area contributed by atoms with Gasteiger partial charge in [0.2, 0.25) is 5.88 Å². The molecule has 2 N–H and O–H groups in total. The van der Waals surface area contributed by atoms with Gasteiger partial charge in [-0.25, -0.2) is 9.97 Å². The van der Waals surface area contributed by atoms with Crippen molar-refractivity contribution < 1.29 is 14.3 Å². The van der Waals surface area contributed by atoms with Crippen molar-refractivity contribution in [3.63, 3.8) is 0 Å². The lowest BCUT2D eigenvalue weighted by atomic mass is 10.0. The van der Waals surface area contributed by atoms with E-state index in [1.807, 2.05) is 54.8 Å². The number of Topliss-reactive ketones (excluding diaryl/α,β-unsaturated/α-hetero) is 1. The number of ketones is 1. The first-order valence-corrected chi connectivity index (χ1v) is 11.4. The second kappa shape index (κ2) is 12.3. The maximum Gasteiger partial charge on any atom is 0.233 e. The number of carbonyl (C=O) groups is 1. The van der Waals surface area contributed by atoms with Crippen molar-refractivity contribution in [2.45, 2.75) is 19.9 Å². The lowest BCUT2D eigenvalue weighted by molar-refractivity contribution is 0.0987. The Kier molecular flexibility index (Phi) is 8.86. The Labute approximate surface area is 197 Å². The fourth-order valence-electron chi connectivity index (χ4n) is 2.80. The molecule has 0 aliphatic heterocycles. The lowest BCUT2D eigenvalue weighted by Crippen LogP contribution is -2.08. The number of ether oxygens (including phenoxy) is 2. The van der Waals surface area contributed by atoms with Crippen LogP contribution in [-0.4, -0.2) is 33.8 Å². The lowest BCUT2D eigenvalue weighted by Gasteiger charge is -2.12. The van der Waals surface area contributed by atoms with Gasteiger partial charge in [0.15, 0.2) is 17.6 Å². The molecule has 0 radical (unpaired) electrons. The van der Waals surface area contributed by atoms with Gasteiger partial charge in [0.05, 0.1) is 18.9 Å². The van der Waals surface area contributed by atoms with Gasteiger partial charge in [0.1, 0.15) is 17.2 Å². The number of aromatic nitrogens is 2. The third kappa shape index (κ3) is 7.37. The number of amidine groups is 1. The number of hydrogen-bond acceptors (Lipinski definition) is 7. The number of rotatable bonds is 9. The zero-order chi connectivity index (χ0) is 23.5. The van der Waals surface area contributed by atoms with E-state index in [0.717, 1.165) is 11.1 Å². The summed E-state index contributed by atoms with van der Waals surface area (Å²) in [5, 5.41) is 0.477. The molecule has 0 aliphatic carbocycles. The fraction of sp³-hybridized carbons (Fsp3) is 0.200. The Bertz CT molecular complexity index is 1170. The minimum atomic E-state index is -0.155. The van der Waals surface area contributed by atoms with Crippen LogP contribution < -0.4 is 15.2 Å². The van der Waals surface area contributed by atoms with Gasteiger partial charge in [-0.1, -0.05) is 41.9 Å². The standard InChI is InChI=1S/C25H24N4O3S/c1-3-4-12-31-24-17-27-21(16-28-24)22(30)14-18-10-11-23(32-20-8-6-5-7-9-20)19(13-18)15-29-25(26)33-2/h5-11,13,16-17H,12,14-15H2,1-2H3,(H2,26,29). The van der Waals surface area contributed by atoms with Crippen LogP contribution in [0, 0.1) is 11.8 Å². The maximum absolute atomic E-state index is 12.7. The molecule has 0 atom stereocenters. The summed E-state index contributed by atoms with van der Waals surface area (Å²) in [5.74, 6) is 7.05. The number of nitrogens with zero attached hydrogens (tertiary/aromatic N) is 3. The summed E-state index contributed by atoms with van der Waals surface area (Å²) in [5.41, 5.74) is 7.76. The molecule has 0 amide bonds. The molecule has 1 aromatic heterocycles. The number of aliphatic imine (C=N–C) groups is 1. The average molecular weight is 461 g/mol. The van der Waals surface area contributed by atoms with Gasteiger partial charge in [-0.05, 0) is 43.0 Å². The van der Waals surface area contributed by atoms with E-state index in [1.165, 1.54) is 24.2 Å². The highest BCUT2D eigenvalue weighted by Crippen LogP contribution is 2.27. The second-order valence-corrected chi connectivity index (χ2v) is 7.60. The van der Waals surface area contributed by atoms with Crippen LogP contribution in [0.2, 0.25) is 0 Å². The maximum atomic E-state index is 12.7. The van der Waals surface area contributed by atoms with Crippen molar-refractivity contribution in [1.29, 1.82) is 0 Å². The van der Waals surface area contributed by atoms with E-state index in [0.29, 0.717) is 29.1 Å². The monoisotopic (exact) mass is 460 g/mol. The summed E-state index contributed by atoms with van der Waals surface area (Å²) in [6.07, 6.45) is 4.86. The van der Waals surface area contributed by atoms with Crippen LogP contribution in [0.15, 0.2) is 65.9 Å². The van der Waals surface area contributed by atoms with Crippen LogP contribution in [0.25, 0.3) is 0 Å². The second-order valence-electron chi connectivity index (χ2n) is 6.77. The molecule has 0 saturated carbocycles. The van der Waals surface area contributed by atoms with E-state index in [4.69, 9.17) is 15.2 Å². The summed E-state index contributed by atoms with van der Waals surface area (Å²) >= 11 is 1.37. The highest BCUT2D eigenvalue weighted by Gasteiger charge is 2.13. The minimum Gasteiger partial charge on any atom is -0.463 e. The summed E-state index contributed by atoms with van der Waals surface area (Å²) in [4.78, 5) is 25.4. The Balaban J connectivity index is 1.76. The molecule has 0 unspecified atom stereocenters. The molecule has 8 heteroatoms. The van der Waals surface area contributed by atoms with Gasteiger partial charge in [-0.3, -0.25) is 9.79 Å². The van der Waals surface area contributed by atoms with Crippen LogP contribution in [0.3, 0.4) is 0 Å². The SMILES string of the molecule is CC#CCOc1cnc(C(=O)Cc2ccc(Oc3ccccc3)c(CN=C(N)SC)c2)cn1. The van der Waals surface area contributed by atoms with Gasteiger partial charge in [-0.2, -0.15) is 0 Å². The molecular weight excluding hydrogens is 436 g/mol. The quantitative estimate of drug-likeness (QED) is 0.220. The molecule has 0 fully saturated rings. The predicted molar refractivity (Wildman–Crippen MR) is 131 cm³/mol. The third-order valence-corrected chi connectivity index (χ3v) is 5.01. The van der Waals surface area contributed by atoms with Gasteiger partial charge in [-0.15, -0.1) is 5.92 Å². The zero-order valence-corrected chi connectivity index (χ0v) is 19.3. The number of para-hydroxylation sites is 1. The molecule has 168 valence electrons. The molecule has 0 saturated heterocycles. The highest BCUT2D eigenvalue weighted by molar-refractivity contribution is 8.13. The Morgan fingerprint density at radius 2 is 1.97 bits per heavy atom. The first-order chi connectivity index (χ1) is 16.1. The highest BCUT2D eigenvalue weighted by atomic mass is 32.2. The van der Waals surface area contributed by atoms with E-state index in [-0.39, 0.29) is 24.5 Å². The number of hydrogen-bond donors (Lipinski definition) is 1. The topological polar surface area (TPSA) is 99.7 Å². The summed E-state index contributed by atoms with van der Waals surface area (Å²) in [7, 11) is 0. The first-order valence-electron chi connectivity index (χ1n) is 10.1. The van der Waals surface area contributed by atoms with Gasteiger partial charge in [0.25, 0.3) is 0 Å². The van der Waals surface area contributed by atoms with Gasteiger partial charge < -0.3 is 15.2 Å². The van der Waals surface area contributed by atoms with Crippen LogP contribution in [0.5, 0.6) is 17.4 Å². The largest absolute Gasteiger partial charge is 0.463 e. The molecular formula is C25H24N4O3S. The van der Waals surface area contributed by atoms with Gasteiger partial charge >= 0.3 is 0 Å². The van der Waals surface area contributed by atoms with E-state index in [2.05, 4.69) is 26.8 Å². The van der Waals surface area contributed by atoms with Crippen molar-refractivity contribution in [3.8, 4) is 29.2 Å². The molecule has 7 nitrogen and oxygen atoms in total. The number of nitrogens with two attached hydrogens (primary N) is 1. The van der Waals surface area contributed by atoms with Crippen LogP contribution >= 0.6 is 11.8 Å². The molecule has 33 heavy (non-hydrogen) atoms. The van der Waals surface area contributed by atoms with Crippen LogP contribution in [0.1, 0.15) is 28.5 Å². The van der Waals surface area contributed by atoms with Crippen molar-refractivity contribution >= 4 is 22.7 Å². The van der Waals surface area contributed by atoms with Crippen molar-refractivity contribution in [3.05, 3.63) is 77.7 Å².